The predicted molar refractivity (Wildman–Crippen MR) is 54.7 cm³/mol. The normalized spacial score (nSPS) is 9.69. The van der Waals surface area contributed by atoms with Crippen LogP contribution in [0.2, 0.25) is 0 Å². The van der Waals surface area contributed by atoms with Gasteiger partial charge in [0.05, 0.1) is 0 Å². The fraction of sp³-hybridized carbons (Fsp3) is 0.455. The fourth-order valence-electron chi connectivity index (χ4n) is 1.51. The third-order valence-electron chi connectivity index (χ3n) is 2.28. The Bertz CT molecular complexity index is 348. The van der Waals surface area contributed by atoms with Crippen molar-refractivity contribution in [3.05, 3.63) is 33.8 Å². The molecule has 2 heteroatoms. The number of rotatable bonds is 2. The third kappa shape index (κ3) is 2.06. The van der Waals surface area contributed by atoms with Crippen LogP contribution in [0.4, 0.5) is 5.69 Å². The van der Waals surface area contributed by atoms with Crippen LogP contribution in [0.15, 0.2) is 12.1 Å². The van der Waals surface area contributed by atoms with Crippen molar-refractivity contribution in [3.8, 4) is 0 Å². The van der Waals surface area contributed by atoms with Gasteiger partial charge in [-0.25, -0.2) is 0 Å². The van der Waals surface area contributed by atoms with Gasteiger partial charge in [-0.2, -0.15) is 0 Å². The smallest absolute Gasteiger partial charge is 0.0651 e. The quantitative estimate of drug-likeness (QED) is 0.629. The van der Waals surface area contributed by atoms with Gasteiger partial charge in [0.2, 0.25) is 5.39 Å². The molecule has 0 spiro atoms. The molecule has 0 radical (unpaired) electrons. The predicted octanol–water partition coefficient (Wildman–Crippen LogP) is 3.74. The largest absolute Gasteiger partial charge is 0.388 e. The molecule has 0 aliphatic carbocycles. The van der Waals surface area contributed by atoms with Gasteiger partial charge < -0.3 is 0 Å². The van der Waals surface area contributed by atoms with Crippen molar-refractivity contribution in [2.75, 3.05) is 0 Å². The van der Waals surface area contributed by atoms with E-state index in [0.717, 1.165) is 18.4 Å². The second kappa shape index (κ2) is 4.04. The molecule has 0 aliphatic heterocycles. The van der Waals surface area contributed by atoms with Gasteiger partial charge in [0.15, 0.2) is 4.98 Å². The van der Waals surface area contributed by atoms with E-state index >= 15 is 0 Å². The summed E-state index contributed by atoms with van der Waals surface area (Å²) in [6.45, 7) is 6.19. The minimum absolute atomic E-state index is 0.678. The molecule has 0 bridgehead atoms. The van der Waals surface area contributed by atoms with Gasteiger partial charge in [0, 0.05) is 11.6 Å². The summed E-state index contributed by atoms with van der Waals surface area (Å²) in [5, 5.41) is 8.69. The molecule has 0 unspecified atom stereocenters. The van der Waals surface area contributed by atoms with Crippen LogP contribution >= 0.6 is 0 Å². The molecule has 1 aromatic carbocycles. The summed E-state index contributed by atoms with van der Waals surface area (Å²) in [4.78, 5) is 3.23. The molecule has 1 rings (SSSR count). The number of hydrogen-bond acceptors (Lipinski definition) is 1. The van der Waals surface area contributed by atoms with E-state index in [-0.39, 0.29) is 0 Å². The van der Waals surface area contributed by atoms with Crippen LogP contribution in [0, 0.1) is 19.2 Å². The van der Waals surface area contributed by atoms with Crippen molar-refractivity contribution < 1.29 is 0 Å². The third-order valence-corrected chi connectivity index (χ3v) is 2.28. The van der Waals surface area contributed by atoms with E-state index in [9.17, 15) is 0 Å². The highest BCUT2D eigenvalue weighted by molar-refractivity contribution is 5.55. The average Bonchev–Trinajstić information content (AvgIpc) is 2.11. The van der Waals surface area contributed by atoms with Gasteiger partial charge in [-0.05, 0) is 37.5 Å². The van der Waals surface area contributed by atoms with Gasteiger partial charge in [-0.1, -0.05) is 13.3 Å². The first-order valence-electron chi connectivity index (χ1n) is 4.64. The van der Waals surface area contributed by atoms with Gasteiger partial charge in [-0.15, -0.1) is 0 Å². The van der Waals surface area contributed by atoms with Crippen LogP contribution in [-0.2, 0) is 6.42 Å². The highest BCUT2D eigenvalue weighted by Crippen LogP contribution is 2.23. The second-order valence-corrected chi connectivity index (χ2v) is 3.42. The van der Waals surface area contributed by atoms with Gasteiger partial charge in [-0.3, -0.25) is 0 Å². The Balaban J connectivity index is 3.14. The average molecular weight is 175 g/mol. The molecule has 1 aromatic rings. The maximum atomic E-state index is 8.69. The zero-order valence-corrected chi connectivity index (χ0v) is 8.46. The Morgan fingerprint density at radius 1 is 1.23 bits per heavy atom. The van der Waals surface area contributed by atoms with Crippen LogP contribution in [0.25, 0.3) is 4.98 Å². The summed E-state index contributed by atoms with van der Waals surface area (Å²) in [6, 6.07) is 4.04. The minimum Gasteiger partial charge on any atom is -0.0651 e. The van der Waals surface area contributed by atoms with E-state index in [1.165, 1.54) is 11.1 Å². The van der Waals surface area contributed by atoms with E-state index in [4.69, 9.17) is 5.39 Å². The lowest BCUT2D eigenvalue weighted by Crippen LogP contribution is -1.89. The Hall–Kier alpha value is -1.36. The first kappa shape index (κ1) is 9.73. The lowest BCUT2D eigenvalue weighted by atomic mass is 10.0. The molecular formula is C11H15N2+. The molecule has 68 valence electrons. The van der Waals surface area contributed by atoms with Crippen molar-refractivity contribution in [3.63, 3.8) is 0 Å². The SMILES string of the molecule is CCCc1cc(C)c([N+]#N)cc1C. The standard InChI is InChI=1S/C11H15N2/c1-4-5-10-6-9(3)11(13-12)7-8(10)2/h6-7H,4-5H2,1-3H3/q+1. The zero-order chi connectivity index (χ0) is 9.84. The lowest BCUT2D eigenvalue weighted by molar-refractivity contribution is 0.911. The summed E-state index contributed by atoms with van der Waals surface area (Å²) < 4.78 is 0. The summed E-state index contributed by atoms with van der Waals surface area (Å²) in [5.41, 5.74) is 4.28. The van der Waals surface area contributed by atoms with Crippen molar-refractivity contribution in [2.24, 2.45) is 0 Å². The minimum atomic E-state index is 0.678. The molecule has 0 atom stereocenters. The maximum absolute atomic E-state index is 8.69. The highest BCUT2D eigenvalue weighted by Gasteiger charge is 2.12. The molecule has 0 N–H and O–H groups in total. The fourth-order valence-corrected chi connectivity index (χ4v) is 1.51. The zero-order valence-electron chi connectivity index (χ0n) is 8.46. The van der Waals surface area contributed by atoms with Crippen LogP contribution in [-0.4, -0.2) is 0 Å². The molecule has 2 nitrogen and oxygen atoms in total. The Kier molecular flexibility index (Phi) is 3.02. The molecular weight excluding hydrogens is 160 g/mol. The molecule has 0 saturated carbocycles. The molecule has 0 aromatic heterocycles. The molecule has 13 heavy (non-hydrogen) atoms. The maximum Gasteiger partial charge on any atom is 0.388 e. The second-order valence-electron chi connectivity index (χ2n) is 3.42. The molecule has 0 amide bonds. The van der Waals surface area contributed by atoms with Crippen LogP contribution < -0.4 is 0 Å². The van der Waals surface area contributed by atoms with E-state index in [1.807, 2.05) is 13.0 Å². The van der Waals surface area contributed by atoms with Crippen molar-refractivity contribution >= 4 is 5.69 Å². The highest BCUT2D eigenvalue weighted by atomic mass is 14.8. The van der Waals surface area contributed by atoms with Crippen molar-refractivity contribution in [1.82, 2.24) is 0 Å². The Labute approximate surface area is 79.2 Å². The Morgan fingerprint density at radius 2 is 1.92 bits per heavy atom. The van der Waals surface area contributed by atoms with Crippen LogP contribution in [0.3, 0.4) is 0 Å². The summed E-state index contributed by atoms with van der Waals surface area (Å²) in [7, 11) is 0. The van der Waals surface area contributed by atoms with E-state index < -0.39 is 0 Å². The van der Waals surface area contributed by atoms with E-state index in [0.29, 0.717) is 5.69 Å². The van der Waals surface area contributed by atoms with Gasteiger partial charge >= 0.3 is 5.69 Å². The van der Waals surface area contributed by atoms with E-state index in [2.05, 4.69) is 24.9 Å². The number of benzene rings is 1. The molecule has 0 fully saturated rings. The van der Waals surface area contributed by atoms with Crippen LogP contribution in [0.5, 0.6) is 0 Å². The van der Waals surface area contributed by atoms with Crippen molar-refractivity contribution in [2.45, 2.75) is 33.6 Å². The number of aryl methyl sites for hydroxylation is 3. The Morgan fingerprint density at radius 3 is 2.46 bits per heavy atom. The molecule has 0 saturated heterocycles. The number of hydrogen-bond donors (Lipinski definition) is 0. The molecule has 0 aliphatic rings. The summed E-state index contributed by atoms with van der Waals surface area (Å²) in [6.07, 6.45) is 2.24. The van der Waals surface area contributed by atoms with E-state index in [1.54, 1.807) is 0 Å². The lowest BCUT2D eigenvalue weighted by Gasteiger charge is -2.02. The first-order chi connectivity index (χ1) is 6.19. The molecule has 0 heterocycles. The van der Waals surface area contributed by atoms with Crippen molar-refractivity contribution in [1.29, 1.82) is 5.39 Å². The van der Waals surface area contributed by atoms with Crippen LogP contribution in [0.1, 0.15) is 30.0 Å². The van der Waals surface area contributed by atoms with Gasteiger partial charge in [0.1, 0.15) is 0 Å². The monoisotopic (exact) mass is 175 g/mol. The summed E-state index contributed by atoms with van der Waals surface area (Å²) >= 11 is 0. The van der Waals surface area contributed by atoms with Gasteiger partial charge in [0.25, 0.3) is 0 Å². The first-order valence-corrected chi connectivity index (χ1v) is 4.64. The summed E-state index contributed by atoms with van der Waals surface area (Å²) in [5.74, 6) is 0. The number of diazo groups is 1. The topological polar surface area (TPSA) is 28.1 Å². The number of nitrogens with zero attached hydrogens (tertiary/aromatic N) is 2.